The summed E-state index contributed by atoms with van der Waals surface area (Å²) in [4.78, 5) is 0. The smallest absolute Gasteiger partial charge is 0.161 e. The lowest BCUT2D eigenvalue weighted by atomic mass is 10.2. The fourth-order valence-electron chi connectivity index (χ4n) is 1.93. The Morgan fingerprint density at radius 1 is 1.14 bits per heavy atom. The van der Waals surface area contributed by atoms with Gasteiger partial charge in [0.05, 0.1) is 19.4 Å². The first-order valence-corrected chi connectivity index (χ1v) is 7.79. The minimum Gasteiger partial charge on any atom is -0.493 e. The van der Waals surface area contributed by atoms with Crippen molar-refractivity contribution >= 4 is 33.2 Å². The molecule has 0 unspecified atom stereocenters. The SMILES string of the molecule is CCOc1cc(CNc2cc(Cl)ccc2Br)ccc1OC. The summed E-state index contributed by atoms with van der Waals surface area (Å²) in [7, 11) is 1.64. The van der Waals surface area contributed by atoms with Gasteiger partial charge < -0.3 is 14.8 Å². The Bertz CT molecular complexity index is 619. The average molecular weight is 371 g/mol. The Labute approximate surface area is 138 Å². The lowest BCUT2D eigenvalue weighted by molar-refractivity contribution is 0.310. The minimum absolute atomic E-state index is 0.604. The highest BCUT2D eigenvalue weighted by molar-refractivity contribution is 9.10. The molecular weight excluding hydrogens is 354 g/mol. The van der Waals surface area contributed by atoms with Crippen LogP contribution in [0.3, 0.4) is 0 Å². The van der Waals surface area contributed by atoms with Gasteiger partial charge in [-0.15, -0.1) is 0 Å². The molecule has 0 atom stereocenters. The van der Waals surface area contributed by atoms with Crippen LogP contribution in [0.2, 0.25) is 5.02 Å². The van der Waals surface area contributed by atoms with Crippen LogP contribution in [-0.4, -0.2) is 13.7 Å². The molecule has 0 amide bonds. The molecular formula is C16H17BrClNO2. The van der Waals surface area contributed by atoms with Crippen molar-refractivity contribution in [2.75, 3.05) is 19.0 Å². The predicted molar refractivity (Wildman–Crippen MR) is 90.6 cm³/mol. The van der Waals surface area contributed by atoms with E-state index in [-0.39, 0.29) is 0 Å². The van der Waals surface area contributed by atoms with Crippen LogP contribution < -0.4 is 14.8 Å². The van der Waals surface area contributed by atoms with Crippen LogP contribution in [0.1, 0.15) is 12.5 Å². The van der Waals surface area contributed by atoms with Gasteiger partial charge in [0.15, 0.2) is 11.5 Å². The zero-order valence-corrected chi connectivity index (χ0v) is 14.3. The van der Waals surface area contributed by atoms with Crippen molar-refractivity contribution in [2.45, 2.75) is 13.5 Å². The van der Waals surface area contributed by atoms with Crippen molar-refractivity contribution in [2.24, 2.45) is 0 Å². The van der Waals surface area contributed by atoms with Crippen LogP contribution in [0.4, 0.5) is 5.69 Å². The van der Waals surface area contributed by atoms with Crippen LogP contribution in [0.25, 0.3) is 0 Å². The van der Waals surface area contributed by atoms with E-state index >= 15 is 0 Å². The first-order chi connectivity index (χ1) is 10.1. The molecule has 1 N–H and O–H groups in total. The second-order valence-electron chi connectivity index (χ2n) is 4.40. The summed E-state index contributed by atoms with van der Waals surface area (Å²) in [5.41, 5.74) is 2.06. The molecule has 0 heterocycles. The molecule has 2 aromatic carbocycles. The van der Waals surface area contributed by atoms with E-state index < -0.39 is 0 Å². The van der Waals surface area contributed by atoms with Gasteiger partial charge in [-0.05, 0) is 58.7 Å². The lowest BCUT2D eigenvalue weighted by Gasteiger charge is -2.13. The lowest BCUT2D eigenvalue weighted by Crippen LogP contribution is -2.02. The van der Waals surface area contributed by atoms with Crippen molar-refractivity contribution in [1.82, 2.24) is 0 Å². The second-order valence-corrected chi connectivity index (χ2v) is 5.69. The third-order valence-corrected chi connectivity index (χ3v) is 3.87. The van der Waals surface area contributed by atoms with Gasteiger partial charge in [0.2, 0.25) is 0 Å². The maximum Gasteiger partial charge on any atom is 0.161 e. The van der Waals surface area contributed by atoms with Gasteiger partial charge in [0, 0.05) is 16.0 Å². The highest BCUT2D eigenvalue weighted by Gasteiger charge is 2.06. The Morgan fingerprint density at radius 2 is 1.95 bits per heavy atom. The maximum atomic E-state index is 6.01. The van der Waals surface area contributed by atoms with Gasteiger partial charge in [0.25, 0.3) is 0 Å². The van der Waals surface area contributed by atoms with Gasteiger partial charge in [-0.25, -0.2) is 0 Å². The van der Waals surface area contributed by atoms with Gasteiger partial charge >= 0.3 is 0 Å². The number of ether oxygens (including phenoxy) is 2. The topological polar surface area (TPSA) is 30.5 Å². The van der Waals surface area contributed by atoms with E-state index in [0.29, 0.717) is 18.2 Å². The van der Waals surface area contributed by atoms with Gasteiger partial charge in [0.1, 0.15) is 0 Å². The fourth-order valence-corrected chi connectivity index (χ4v) is 2.49. The highest BCUT2D eigenvalue weighted by Crippen LogP contribution is 2.30. The Hall–Kier alpha value is -1.39. The number of nitrogens with one attached hydrogen (secondary N) is 1. The summed E-state index contributed by atoms with van der Waals surface area (Å²) < 4.78 is 11.8. The molecule has 0 aliphatic heterocycles. The molecule has 21 heavy (non-hydrogen) atoms. The third-order valence-electron chi connectivity index (χ3n) is 2.94. The summed E-state index contributed by atoms with van der Waals surface area (Å²) in [5, 5.41) is 4.05. The molecule has 2 aromatic rings. The summed E-state index contributed by atoms with van der Waals surface area (Å²) >= 11 is 9.51. The molecule has 0 bridgehead atoms. The van der Waals surface area contributed by atoms with E-state index in [9.17, 15) is 0 Å². The fraction of sp³-hybridized carbons (Fsp3) is 0.250. The van der Waals surface area contributed by atoms with Crippen LogP contribution >= 0.6 is 27.5 Å². The Morgan fingerprint density at radius 3 is 2.67 bits per heavy atom. The molecule has 0 aromatic heterocycles. The van der Waals surface area contributed by atoms with Gasteiger partial charge in [-0.3, -0.25) is 0 Å². The summed E-state index contributed by atoms with van der Waals surface area (Å²) in [6.45, 7) is 3.23. The molecule has 3 nitrogen and oxygen atoms in total. The maximum absolute atomic E-state index is 6.01. The average Bonchev–Trinajstić information content (AvgIpc) is 2.49. The van der Waals surface area contributed by atoms with E-state index in [1.165, 1.54) is 0 Å². The molecule has 0 aliphatic carbocycles. The van der Waals surface area contributed by atoms with Crippen LogP contribution in [0, 0.1) is 0 Å². The Balaban J connectivity index is 2.12. The van der Waals surface area contributed by atoms with E-state index in [1.807, 2.05) is 43.3 Å². The number of anilines is 1. The molecule has 0 saturated carbocycles. The Kier molecular flexibility index (Phi) is 5.76. The zero-order valence-electron chi connectivity index (χ0n) is 12.0. The molecule has 5 heteroatoms. The largest absolute Gasteiger partial charge is 0.493 e. The molecule has 0 saturated heterocycles. The van der Waals surface area contributed by atoms with Crippen LogP contribution in [0.5, 0.6) is 11.5 Å². The predicted octanol–water partition coefficient (Wildman–Crippen LogP) is 5.12. The minimum atomic E-state index is 0.604. The van der Waals surface area contributed by atoms with Crippen molar-refractivity contribution in [3.8, 4) is 11.5 Å². The van der Waals surface area contributed by atoms with E-state index in [2.05, 4.69) is 21.2 Å². The zero-order chi connectivity index (χ0) is 15.2. The normalized spacial score (nSPS) is 10.3. The molecule has 2 rings (SSSR count). The molecule has 0 fully saturated rings. The van der Waals surface area contributed by atoms with Crippen molar-refractivity contribution < 1.29 is 9.47 Å². The number of methoxy groups -OCH3 is 1. The van der Waals surface area contributed by atoms with E-state index in [0.717, 1.165) is 27.2 Å². The van der Waals surface area contributed by atoms with Crippen molar-refractivity contribution in [3.05, 3.63) is 51.5 Å². The number of halogens is 2. The number of hydrogen-bond acceptors (Lipinski definition) is 3. The number of hydrogen-bond donors (Lipinski definition) is 1. The monoisotopic (exact) mass is 369 g/mol. The van der Waals surface area contributed by atoms with E-state index in [1.54, 1.807) is 7.11 Å². The third kappa shape index (κ3) is 4.29. The van der Waals surface area contributed by atoms with E-state index in [4.69, 9.17) is 21.1 Å². The van der Waals surface area contributed by atoms with Crippen molar-refractivity contribution in [1.29, 1.82) is 0 Å². The van der Waals surface area contributed by atoms with Gasteiger partial charge in [-0.1, -0.05) is 17.7 Å². The number of rotatable bonds is 6. The molecule has 0 radical (unpaired) electrons. The highest BCUT2D eigenvalue weighted by atomic mass is 79.9. The second kappa shape index (κ2) is 7.57. The number of benzene rings is 2. The van der Waals surface area contributed by atoms with Crippen LogP contribution in [0.15, 0.2) is 40.9 Å². The van der Waals surface area contributed by atoms with Crippen molar-refractivity contribution in [3.63, 3.8) is 0 Å². The molecule has 0 spiro atoms. The first-order valence-electron chi connectivity index (χ1n) is 6.62. The molecule has 0 aliphatic rings. The summed E-state index contributed by atoms with van der Waals surface area (Å²) in [5.74, 6) is 1.49. The quantitative estimate of drug-likeness (QED) is 0.765. The standard InChI is InChI=1S/C16H17BrClNO2/c1-3-21-16-8-11(4-7-15(16)20-2)10-19-14-9-12(18)5-6-13(14)17/h4-9,19H,3,10H2,1-2H3. The summed E-state index contributed by atoms with van der Waals surface area (Å²) in [6.07, 6.45) is 0. The summed E-state index contributed by atoms with van der Waals surface area (Å²) in [6, 6.07) is 11.6. The molecule has 112 valence electrons. The van der Waals surface area contributed by atoms with Gasteiger partial charge in [-0.2, -0.15) is 0 Å². The van der Waals surface area contributed by atoms with Crippen LogP contribution in [-0.2, 0) is 6.54 Å². The first kappa shape index (κ1) is 16.0.